The maximum atomic E-state index is 4.53. The van der Waals surface area contributed by atoms with Crippen LogP contribution in [0.5, 0.6) is 0 Å². The average Bonchev–Trinajstić information content (AvgIpc) is 2.70. The number of guanidine groups is 1. The molecule has 27 heavy (non-hydrogen) atoms. The van der Waals surface area contributed by atoms with Crippen molar-refractivity contribution in [2.75, 3.05) is 57.8 Å². The molecule has 0 bridgehead atoms. The molecule has 3 heterocycles. The smallest absolute Gasteiger partial charge is 0.193 e. The van der Waals surface area contributed by atoms with Crippen molar-refractivity contribution in [2.24, 2.45) is 10.9 Å². The van der Waals surface area contributed by atoms with E-state index in [0.717, 1.165) is 50.4 Å². The number of piperidine rings is 1. The molecule has 0 amide bonds. The van der Waals surface area contributed by atoms with E-state index in [1.54, 1.807) is 0 Å². The molecule has 2 saturated heterocycles. The van der Waals surface area contributed by atoms with Crippen LogP contribution in [0.4, 0.5) is 5.82 Å². The molecular formula is C20H35IN6. The Labute approximate surface area is 181 Å². The molecule has 1 N–H and O–H groups in total. The van der Waals surface area contributed by atoms with Crippen LogP contribution in [0.2, 0.25) is 0 Å². The number of piperazine rings is 1. The van der Waals surface area contributed by atoms with Gasteiger partial charge in [-0.15, -0.1) is 24.0 Å². The van der Waals surface area contributed by atoms with Gasteiger partial charge in [0.25, 0.3) is 0 Å². The van der Waals surface area contributed by atoms with Gasteiger partial charge in [0.15, 0.2) is 5.96 Å². The Morgan fingerprint density at radius 3 is 2.63 bits per heavy atom. The molecule has 1 aromatic rings. The van der Waals surface area contributed by atoms with E-state index in [1.807, 2.05) is 19.3 Å². The van der Waals surface area contributed by atoms with Crippen molar-refractivity contribution < 1.29 is 0 Å². The van der Waals surface area contributed by atoms with Crippen LogP contribution in [0.15, 0.2) is 29.4 Å². The summed E-state index contributed by atoms with van der Waals surface area (Å²) in [6, 6.07) is 6.76. The molecule has 0 radical (unpaired) electrons. The predicted octanol–water partition coefficient (Wildman–Crippen LogP) is 2.52. The molecule has 7 heteroatoms. The van der Waals surface area contributed by atoms with E-state index in [2.05, 4.69) is 56.0 Å². The van der Waals surface area contributed by atoms with Gasteiger partial charge >= 0.3 is 0 Å². The van der Waals surface area contributed by atoms with Crippen molar-refractivity contribution in [1.82, 2.24) is 20.1 Å². The van der Waals surface area contributed by atoms with Gasteiger partial charge in [0, 0.05) is 58.6 Å². The second-order valence-electron chi connectivity index (χ2n) is 7.69. The summed E-state index contributed by atoms with van der Waals surface area (Å²) in [5.74, 6) is 2.84. The van der Waals surface area contributed by atoms with E-state index in [1.165, 1.54) is 25.9 Å². The van der Waals surface area contributed by atoms with E-state index in [9.17, 15) is 0 Å². The molecule has 0 saturated carbocycles. The van der Waals surface area contributed by atoms with Crippen LogP contribution < -0.4 is 10.2 Å². The monoisotopic (exact) mass is 486 g/mol. The Balaban J connectivity index is 0.00000261. The first kappa shape index (κ1) is 22.2. The minimum absolute atomic E-state index is 0. The summed E-state index contributed by atoms with van der Waals surface area (Å²) in [4.78, 5) is 16.3. The summed E-state index contributed by atoms with van der Waals surface area (Å²) >= 11 is 0. The van der Waals surface area contributed by atoms with E-state index in [-0.39, 0.29) is 24.0 Å². The number of aliphatic imine (C=N–C) groups is 1. The van der Waals surface area contributed by atoms with Crippen LogP contribution in [-0.4, -0.2) is 79.6 Å². The fourth-order valence-electron chi connectivity index (χ4n) is 3.99. The fraction of sp³-hybridized carbons (Fsp3) is 0.700. The highest BCUT2D eigenvalue weighted by atomic mass is 127. The zero-order valence-corrected chi connectivity index (χ0v) is 19.3. The minimum atomic E-state index is 0. The molecule has 0 spiro atoms. The van der Waals surface area contributed by atoms with Gasteiger partial charge in [0.2, 0.25) is 0 Å². The first-order valence-electron chi connectivity index (χ1n) is 10.0. The third-order valence-corrected chi connectivity index (χ3v) is 5.59. The summed E-state index contributed by atoms with van der Waals surface area (Å²) in [5.41, 5.74) is 0. The van der Waals surface area contributed by atoms with Gasteiger partial charge in [-0.2, -0.15) is 0 Å². The zero-order chi connectivity index (χ0) is 18.4. The number of nitrogens with zero attached hydrogens (tertiary/aromatic N) is 5. The van der Waals surface area contributed by atoms with Crippen LogP contribution >= 0.6 is 24.0 Å². The molecule has 0 aliphatic carbocycles. The number of aromatic nitrogens is 1. The van der Waals surface area contributed by atoms with Gasteiger partial charge in [-0.05, 0) is 51.3 Å². The summed E-state index contributed by atoms with van der Waals surface area (Å²) in [6.45, 7) is 12.0. The molecule has 152 valence electrons. The molecule has 1 atom stereocenters. The van der Waals surface area contributed by atoms with E-state index >= 15 is 0 Å². The van der Waals surface area contributed by atoms with Crippen molar-refractivity contribution in [1.29, 1.82) is 0 Å². The predicted molar refractivity (Wildman–Crippen MR) is 124 cm³/mol. The Morgan fingerprint density at radius 2 is 2.00 bits per heavy atom. The third-order valence-electron chi connectivity index (χ3n) is 5.59. The lowest BCUT2D eigenvalue weighted by molar-refractivity contribution is 0.140. The summed E-state index contributed by atoms with van der Waals surface area (Å²) < 4.78 is 0. The van der Waals surface area contributed by atoms with Gasteiger partial charge in [0.1, 0.15) is 5.82 Å². The van der Waals surface area contributed by atoms with Crippen LogP contribution in [0.1, 0.15) is 26.7 Å². The molecule has 0 aromatic carbocycles. The second-order valence-corrected chi connectivity index (χ2v) is 7.69. The Bertz CT molecular complexity index is 571. The van der Waals surface area contributed by atoms with E-state index < -0.39 is 0 Å². The van der Waals surface area contributed by atoms with Crippen molar-refractivity contribution in [2.45, 2.75) is 32.7 Å². The molecule has 2 aliphatic rings. The molecule has 6 nitrogen and oxygen atoms in total. The van der Waals surface area contributed by atoms with Crippen LogP contribution in [0.25, 0.3) is 0 Å². The van der Waals surface area contributed by atoms with Crippen molar-refractivity contribution >= 4 is 35.8 Å². The molecular weight excluding hydrogens is 451 g/mol. The van der Waals surface area contributed by atoms with Gasteiger partial charge < -0.3 is 20.0 Å². The normalized spacial score (nSPS) is 21.9. The maximum Gasteiger partial charge on any atom is 0.193 e. The standard InChI is InChI=1S/C20H34N6.HI/c1-17(2)26-10-6-7-18(16-26)15-23-20(21-3)25-13-11-24(12-14-25)19-8-4-5-9-22-19;/h4-5,8-9,17-18H,6-7,10-16H2,1-3H3,(H,21,23);1H. The highest BCUT2D eigenvalue weighted by Gasteiger charge is 2.24. The molecule has 2 fully saturated rings. The van der Waals surface area contributed by atoms with Crippen molar-refractivity contribution in [3.63, 3.8) is 0 Å². The number of rotatable bonds is 4. The maximum absolute atomic E-state index is 4.53. The van der Waals surface area contributed by atoms with E-state index in [4.69, 9.17) is 0 Å². The SMILES string of the molecule is CN=C(NCC1CCCN(C(C)C)C1)N1CCN(c2ccccn2)CC1.I. The van der Waals surface area contributed by atoms with Crippen LogP contribution in [0, 0.1) is 5.92 Å². The Morgan fingerprint density at radius 1 is 1.22 bits per heavy atom. The topological polar surface area (TPSA) is 47.0 Å². The number of anilines is 1. The second kappa shape index (κ2) is 11.0. The van der Waals surface area contributed by atoms with E-state index in [0.29, 0.717) is 6.04 Å². The highest BCUT2D eigenvalue weighted by molar-refractivity contribution is 14.0. The van der Waals surface area contributed by atoms with Crippen molar-refractivity contribution in [3.05, 3.63) is 24.4 Å². The molecule has 1 aromatic heterocycles. The number of hydrogen-bond donors (Lipinski definition) is 1. The molecule has 1 unspecified atom stereocenters. The lowest BCUT2D eigenvalue weighted by Gasteiger charge is -2.38. The first-order chi connectivity index (χ1) is 12.7. The largest absolute Gasteiger partial charge is 0.356 e. The number of halogens is 1. The number of likely N-dealkylation sites (tertiary alicyclic amines) is 1. The zero-order valence-electron chi connectivity index (χ0n) is 17.0. The summed E-state index contributed by atoms with van der Waals surface area (Å²) in [5, 5.41) is 3.64. The summed E-state index contributed by atoms with van der Waals surface area (Å²) in [6.07, 6.45) is 4.50. The highest BCUT2D eigenvalue weighted by Crippen LogP contribution is 2.18. The lowest BCUT2D eigenvalue weighted by Crippen LogP contribution is -2.54. The minimum Gasteiger partial charge on any atom is -0.356 e. The lowest BCUT2D eigenvalue weighted by atomic mass is 9.97. The average molecular weight is 486 g/mol. The van der Waals surface area contributed by atoms with Crippen molar-refractivity contribution in [3.8, 4) is 0 Å². The van der Waals surface area contributed by atoms with Crippen LogP contribution in [0.3, 0.4) is 0 Å². The van der Waals surface area contributed by atoms with Gasteiger partial charge in [-0.1, -0.05) is 6.07 Å². The molecule has 2 aliphatic heterocycles. The fourth-order valence-corrected chi connectivity index (χ4v) is 3.99. The number of pyridine rings is 1. The van der Waals surface area contributed by atoms with Crippen LogP contribution in [-0.2, 0) is 0 Å². The van der Waals surface area contributed by atoms with Gasteiger partial charge in [-0.25, -0.2) is 4.98 Å². The number of nitrogens with one attached hydrogen (secondary N) is 1. The van der Waals surface area contributed by atoms with Gasteiger partial charge in [-0.3, -0.25) is 4.99 Å². The third kappa shape index (κ3) is 6.20. The number of hydrogen-bond acceptors (Lipinski definition) is 4. The Hall–Kier alpha value is -1.09. The first-order valence-corrected chi connectivity index (χ1v) is 10.0. The molecule has 3 rings (SSSR count). The Kier molecular flexibility index (Phi) is 9.08. The quantitative estimate of drug-likeness (QED) is 0.403. The summed E-state index contributed by atoms with van der Waals surface area (Å²) in [7, 11) is 1.90. The van der Waals surface area contributed by atoms with Gasteiger partial charge in [0.05, 0.1) is 0 Å².